The van der Waals surface area contributed by atoms with Gasteiger partial charge in [0.25, 0.3) is 0 Å². The van der Waals surface area contributed by atoms with Crippen LogP contribution in [0.15, 0.2) is 0 Å². The molecular weight excluding hydrogens is 340 g/mol. The Morgan fingerprint density at radius 3 is 2.44 bits per heavy atom. The van der Waals surface area contributed by atoms with E-state index in [1.807, 2.05) is 6.92 Å². The molecule has 4 heteroatoms. The molecule has 3 fully saturated rings. The summed E-state index contributed by atoms with van der Waals surface area (Å²) in [5.41, 5.74) is -0.145. The van der Waals surface area contributed by atoms with Crippen LogP contribution in [-0.4, -0.2) is 23.6 Å². The van der Waals surface area contributed by atoms with Crippen LogP contribution in [0.5, 0.6) is 0 Å². The topological polar surface area (TPSA) is 60.4 Å². The van der Waals surface area contributed by atoms with Crippen molar-refractivity contribution < 1.29 is 19.1 Å². The third kappa shape index (κ3) is 3.49. The second-order valence-electron chi connectivity index (χ2n) is 10.0. The van der Waals surface area contributed by atoms with Crippen molar-refractivity contribution in [3.63, 3.8) is 0 Å². The van der Waals surface area contributed by atoms with E-state index in [9.17, 15) is 14.4 Å². The summed E-state index contributed by atoms with van der Waals surface area (Å²) in [5.74, 6) is 2.34. The number of ketones is 2. The summed E-state index contributed by atoms with van der Waals surface area (Å²) in [4.78, 5) is 35.9. The molecule has 0 amide bonds. The van der Waals surface area contributed by atoms with E-state index in [1.54, 1.807) is 6.92 Å². The Balaban J connectivity index is 1.82. The molecule has 0 N–H and O–H groups in total. The van der Waals surface area contributed by atoms with Gasteiger partial charge in [0.05, 0.1) is 0 Å². The van der Waals surface area contributed by atoms with E-state index >= 15 is 0 Å². The van der Waals surface area contributed by atoms with Gasteiger partial charge in [0.2, 0.25) is 0 Å². The van der Waals surface area contributed by atoms with E-state index < -0.39 is 0 Å². The van der Waals surface area contributed by atoms with Crippen LogP contribution in [0.2, 0.25) is 0 Å². The second kappa shape index (κ2) is 7.33. The predicted octanol–water partition coefficient (Wildman–Crippen LogP) is 4.74. The van der Waals surface area contributed by atoms with E-state index in [0.717, 1.165) is 25.7 Å². The third-order valence-corrected chi connectivity index (χ3v) is 8.59. The minimum atomic E-state index is -0.338. The van der Waals surface area contributed by atoms with Crippen LogP contribution in [0.4, 0.5) is 0 Å². The summed E-state index contributed by atoms with van der Waals surface area (Å²) < 4.78 is 5.58. The first kappa shape index (κ1) is 20.5. The van der Waals surface area contributed by atoms with Crippen LogP contribution in [0.1, 0.15) is 86.0 Å². The Kier molecular flexibility index (Phi) is 5.58. The quantitative estimate of drug-likeness (QED) is 0.651. The number of carbonyl (C=O) groups excluding carboxylic acids is 3. The molecule has 0 radical (unpaired) electrons. The maximum atomic E-state index is 12.9. The number of carbonyl (C=O) groups is 3. The van der Waals surface area contributed by atoms with E-state index in [0.29, 0.717) is 48.7 Å². The summed E-state index contributed by atoms with van der Waals surface area (Å²) in [7, 11) is 0. The van der Waals surface area contributed by atoms with Crippen LogP contribution >= 0.6 is 0 Å². The molecule has 0 heterocycles. The van der Waals surface area contributed by atoms with Crippen molar-refractivity contribution in [2.45, 2.75) is 92.1 Å². The summed E-state index contributed by atoms with van der Waals surface area (Å²) in [6.07, 6.45) is 7.27. The molecule has 0 aromatic heterocycles. The fourth-order valence-electron chi connectivity index (χ4n) is 7.19. The van der Waals surface area contributed by atoms with Crippen LogP contribution in [0, 0.1) is 34.5 Å². The van der Waals surface area contributed by atoms with Crippen molar-refractivity contribution in [1.82, 2.24) is 0 Å². The molecule has 0 spiro atoms. The Morgan fingerprint density at radius 1 is 1.11 bits per heavy atom. The van der Waals surface area contributed by atoms with Gasteiger partial charge in [-0.1, -0.05) is 13.8 Å². The van der Waals surface area contributed by atoms with Gasteiger partial charge >= 0.3 is 5.97 Å². The average molecular weight is 377 g/mol. The monoisotopic (exact) mass is 376 g/mol. The van der Waals surface area contributed by atoms with E-state index in [1.165, 1.54) is 13.3 Å². The predicted molar refractivity (Wildman–Crippen MR) is 104 cm³/mol. The standard InChI is InChI=1S/C23H36O4/c1-14(24)10-12-23(5)20-11-13-22(4)18(15(2)27-16(3)25)7-8-19(22)17(20)6-9-21(23)26/h15,17-20H,6-13H2,1-5H3/t15?,17?,18-,19?,20?,22?,23+/m1/s1. The van der Waals surface area contributed by atoms with Gasteiger partial charge in [0.15, 0.2) is 0 Å². The number of ether oxygens (including phenoxy) is 1. The third-order valence-electron chi connectivity index (χ3n) is 8.59. The van der Waals surface area contributed by atoms with Crippen LogP contribution < -0.4 is 0 Å². The highest BCUT2D eigenvalue weighted by Gasteiger charge is 2.60. The van der Waals surface area contributed by atoms with Crippen molar-refractivity contribution in [2.75, 3.05) is 0 Å². The molecule has 4 nitrogen and oxygen atoms in total. The van der Waals surface area contributed by atoms with Crippen molar-refractivity contribution in [3.05, 3.63) is 0 Å². The average Bonchev–Trinajstić information content (AvgIpc) is 2.93. The van der Waals surface area contributed by atoms with Gasteiger partial charge in [0.1, 0.15) is 17.7 Å². The lowest BCUT2D eigenvalue weighted by atomic mass is 9.48. The molecule has 27 heavy (non-hydrogen) atoms. The maximum absolute atomic E-state index is 12.9. The molecule has 3 aliphatic rings. The minimum Gasteiger partial charge on any atom is -0.463 e. The zero-order valence-electron chi connectivity index (χ0n) is 17.7. The van der Waals surface area contributed by atoms with Crippen molar-refractivity contribution in [1.29, 1.82) is 0 Å². The lowest BCUT2D eigenvalue weighted by molar-refractivity contribution is -0.156. The molecule has 0 aromatic rings. The van der Waals surface area contributed by atoms with Gasteiger partial charge in [-0.15, -0.1) is 0 Å². The van der Waals surface area contributed by atoms with Gasteiger partial charge in [-0.25, -0.2) is 0 Å². The second-order valence-corrected chi connectivity index (χ2v) is 10.0. The first-order valence-corrected chi connectivity index (χ1v) is 10.8. The number of rotatable bonds is 5. The van der Waals surface area contributed by atoms with E-state index in [2.05, 4.69) is 13.8 Å². The molecular formula is C23H36O4. The normalized spacial score (nSPS) is 42.2. The molecule has 152 valence electrons. The maximum Gasteiger partial charge on any atom is 0.302 e. The molecule has 0 aromatic carbocycles. The Morgan fingerprint density at radius 2 is 1.81 bits per heavy atom. The molecule has 3 saturated carbocycles. The molecule has 0 bridgehead atoms. The molecule has 3 rings (SSSR count). The first-order chi connectivity index (χ1) is 12.6. The smallest absolute Gasteiger partial charge is 0.302 e. The lowest BCUT2D eigenvalue weighted by Crippen LogP contribution is -2.53. The van der Waals surface area contributed by atoms with Crippen molar-refractivity contribution in [3.8, 4) is 0 Å². The molecule has 3 aliphatic carbocycles. The number of hydrogen-bond donors (Lipinski definition) is 0. The van der Waals surface area contributed by atoms with Gasteiger partial charge in [-0.2, -0.15) is 0 Å². The summed E-state index contributed by atoms with van der Waals surface area (Å²) in [6.45, 7) is 9.70. The first-order valence-electron chi connectivity index (χ1n) is 10.8. The number of fused-ring (bicyclic) bond motifs is 3. The zero-order chi connectivity index (χ0) is 20.0. The van der Waals surface area contributed by atoms with E-state index in [-0.39, 0.29) is 28.7 Å². The van der Waals surface area contributed by atoms with Crippen LogP contribution in [0.3, 0.4) is 0 Å². The number of hydrogen-bond acceptors (Lipinski definition) is 4. The zero-order valence-corrected chi connectivity index (χ0v) is 17.7. The summed E-state index contributed by atoms with van der Waals surface area (Å²) in [5, 5.41) is 0. The molecule has 0 aliphatic heterocycles. The highest BCUT2D eigenvalue weighted by molar-refractivity contribution is 5.86. The summed E-state index contributed by atoms with van der Waals surface area (Å²) >= 11 is 0. The Hall–Kier alpha value is -1.19. The van der Waals surface area contributed by atoms with Gasteiger partial charge < -0.3 is 9.53 Å². The lowest BCUT2D eigenvalue weighted by Gasteiger charge is -2.56. The highest BCUT2D eigenvalue weighted by Crippen LogP contribution is 2.65. The van der Waals surface area contributed by atoms with Gasteiger partial charge in [0, 0.05) is 31.1 Å². The van der Waals surface area contributed by atoms with Gasteiger partial charge in [-0.05, 0) is 75.5 Å². The van der Waals surface area contributed by atoms with E-state index in [4.69, 9.17) is 4.74 Å². The van der Waals surface area contributed by atoms with Crippen LogP contribution in [0.25, 0.3) is 0 Å². The number of Topliss-reactive ketones (excluding diaryl/α,β-unsaturated/α-hetero) is 2. The SMILES string of the molecule is CC(=O)CC[C@]1(C)C(=O)CCC2C3CC[C@H](C(C)OC(C)=O)C3(C)CCC21. The molecule has 5 unspecified atom stereocenters. The minimum absolute atomic E-state index is 0.0385. The Bertz CT molecular complexity index is 626. The van der Waals surface area contributed by atoms with Crippen molar-refractivity contribution in [2.24, 2.45) is 34.5 Å². The van der Waals surface area contributed by atoms with Crippen molar-refractivity contribution >= 4 is 17.5 Å². The fraction of sp³-hybridized carbons (Fsp3) is 0.870. The van der Waals surface area contributed by atoms with Crippen LogP contribution in [-0.2, 0) is 19.1 Å². The van der Waals surface area contributed by atoms with Gasteiger partial charge in [-0.3, -0.25) is 9.59 Å². The Labute approximate surface area is 163 Å². The number of esters is 1. The summed E-state index contributed by atoms with van der Waals surface area (Å²) in [6, 6.07) is 0. The largest absolute Gasteiger partial charge is 0.463 e. The molecule has 0 saturated heterocycles. The molecule has 7 atom stereocenters. The highest BCUT2D eigenvalue weighted by atomic mass is 16.5. The fourth-order valence-corrected chi connectivity index (χ4v) is 7.19.